The Morgan fingerprint density at radius 1 is 1.61 bits per heavy atom. The summed E-state index contributed by atoms with van der Waals surface area (Å²) in [5.74, 6) is -2.75. The lowest BCUT2D eigenvalue weighted by atomic mass is 10.0. The van der Waals surface area contributed by atoms with Crippen molar-refractivity contribution >= 4 is 5.84 Å². The van der Waals surface area contributed by atoms with Crippen LogP contribution >= 0.6 is 0 Å². The third kappa shape index (κ3) is 3.74. The molecule has 106 valence electrons. The highest BCUT2D eigenvalue weighted by Crippen LogP contribution is 2.28. The maximum Gasteiger partial charge on any atom is 0.400 e. The molecule has 0 amide bonds. The molecule has 1 aliphatic rings. The highest BCUT2D eigenvalue weighted by atomic mass is 19.4. The van der Waals surface area contributed by atoms with E-state index in [1.807, 2.05) is 6.92 Å². The Bertz CT molecular complexity index is 297. The maximum absolute atomic E-state index is 12.8. The number of alkyl halides is 3. The van der Waals surface area contributed by atoms with E-state index in [1.54, 1.807) is 4.90 Å². The molecule has 2 atom stereocenters. The number of ether oxygens (including phenoxy) is 1. The van der Waals surface area contributed by atoms with Crippen LogP contribution in [0.15, 0.2) is 5.16 Å². The zero-order valence-electron chi connectivity index (χ0n) is 10.2. The van der Waals surface area contributed by atoms with Crippen molar-refractivity contribution in [2.45, 2.75) is 25.6 Å². The number of nitrogens with zero attached hydrogens (tertiary/aromatic N) is 2. The average Bonchev–Trinajstić information content (AvgIpc) is 2.34. The van der Waals surface area contributed by atoms with Gasteiger partial charge in [0.25, 0.3) is 0 Å². The van der Waals surface area contributed by atoms with Gasteiger partial charge in [-0.25, -0.2) is 0 Å². The molecule has 18 heavy (non-hydrogen) atoms. The molecular weight excluding hydrogens is 251 g/mol. The van der Waals surface area contributed by atoms with Gasteiger partial charge in [-0.3, -0.25) is 4.90 Å². The summed E-state index contributed by atoms with van der Waals surface area (Å²) in [5.41, 5.74) is 5.13. The van der Waals surface area contributed by atoms with E-state index < -0.39 is 17.9 Å². The Morgan fingerprint density at radius 2 is 2.28 bits per heavy atom. The lowest BCUT2D eigenvalue weighted by Gasteiger charge is -2.37. The Hall–Kier alpha value is -1.02. The standard InChI is InChI=1S/C10H18F3N3O2/c1-2-7-6-18-4-3-16(7)5-8(9(14)15-17)10(11,12)13/h7-8,17H,2-6H2,1H3,(H2,14,15). The molecule has 0 saturated carbocycles. The Labute approximate surface area is 103 Å². The summed E-state index contributed by atoms with van der Waals surface area (Å²) in [6, 6.07) is -0.0601. The Balaban J connectivity index is 2.76. The van der Waals surface area contributed by atoms with E-state index >= 15 is 0 Å². The third-order valence-corrected chi connectivity index (χ3v) is 3.11. The van der Waals surface area contributed by atoms with Crippen LogP contribution in [0.5, 0.6) is 0 Å². The molecule has 1 saturated heterocycles. The van der Waals surface area contributed by atoms with Gasteiger partial charge in [0.2, 0.25) is 0 Å². The minimum atomic E-state index is -4.52. The fraction of sp³-hybridized carbons (Fsp3) is 0.900. The number of amidine groups is 1. The summed E-state index contributed by atoms with van der Waals surface area (Å²) in [5, 5.41) is 10.9. The minimum absolute atomic E-state index is 0.0601. The van der Waals surface area contributed by atoms with Crippen LogP contribution in [0.1, 0.15) is 13.3 Å². The zero-order valence-corrected chi connectivity index (χ0v) is 10.2. The van der Waals surface area contributed by atoms with Gasteiger partial charge in [-0.15, -0.1) is 0 Å². The molecule has 0 aromatic carbocycles. The molecule has 0 aromatic heterocycles. The SMILES string of the molecule is CCC1COCCN1CC(C(N)=NO)C(F)(F)F. The number of morpholine rings is 1. The molecule has 0 bridgehead atoms. The van der Waals surface area contributed by atoms with Gasteiger partial charge in [-0.05, 0) is 6.42 Å². The zero-order chi connectivity index (χ0) is 13.8. The topological polar surface area (TPSA) is 71.1 Å². The van der Waals surface area contributed by atoms with Crippen molar-refractivity contribution in [2.75, 3.05) is 26.3 Å². The largest absolute Gasteiger partial charge is 0.409 e. The molecule has 0 radical (unpaired) electrons. The molecule has 5 nitrogen and oxygen atoms in total. The second kappa shape index (κ2) is 6.24. The smallest absolute Gasteiger partial charge is 0.400 e. The second-order valence-corrected chi connectivity index (χ2v) is 4.25. The van der Waals surface area contributed by atoms with E-state index in [0.29, 0.717) is 26.2 Å². The second-order valence-electron chi connectivity index (χ2n) is 4.25. The molecule has 0 aromatic rings. The van der Waals surface area contributed by atoms with Crippen LogP contribution in [0.25, 0.3) is 0 Å². The number of hydrogen-bond donors (Lipinski definition) is 2. The molecule has 1 aliphatic heterocycles. The van der Waals surface area contributed by atoms with E-state index in [1.165, 1.54) is 0 Å². The fourth-order valence-electron chi connectivity index (χ4n) is 1.97. The molecular formula is C10H18F3N3O2. The van der Waals surface area contributed by atoms with Gasteiger partial charge in [0.15, 0.2) is 5.84 Å². The van der Waals surface area contributed by atoms with Crippen LogP contribution in [-0.2, 0) is 4.74 Å². The van der Waals surface area contributed by atoms with E-state index in [0.717, 1.165) is 0 Å². The third-order valence-electron chi connectivity index (χ3n) is 3.11. The first-order valence-electron chi connectivity index (χ1n) is 5.76. The average molecular weight is 269 g/mol. The van der Waals surface area contributed by atoms with Gasteiger partial charge in [0.05, 0.1) is 13.2 Å². The molecule has 0 spiro atoms. The van der Waals surface area contributed by atoms with Crippen molar-refractivity contribution in [3.63, 3.8) is 0 Å². The molecule has 1 fully saturated rings. The predicted molar refractivity (Wildman–Crippen MR) is 59.4 cm³/mol. The first-order chi connectivity index (χ1) is 8.40. The molecule has 8 heteroatoms. The minimum Gasteiger partial charge on any atom is -0.409 e. The van der Waals surface area contributed by atoms with E-state index in [2.05, 4.69) is 5.16 Å². The number of hydrogen-bond acceptors (Lipinski definition) is 4. The predicted octanol–water partition coefficient (Wildman–Crippen LogP) is 1.02. The van der Waals surface area contributed by atoms with Crippen molar-refractivity contribution in [3.05, 3.63) is 0 Å². The highest BCUT2D eigenvalue weighted by molar-refractivity contribution is 5.83. The van der Waals surface area contributed by atoms with Crippen molar-refractivity contribution in [1.29, 1.82) is 0 Å². The number of halogens is 3. The van der Waals surface area contributed by atoms with E-state index in [9.17, 15) is 13.2 Å². The van der Waals surface area contributed by atoms with Crippen LogP contribution < -0.4 is 5.73 Å². The van der Waals surface area contributed by atoms with Gasteiger partial charge in [-0.2, -0.15) is 13.2 Å². The van der Waals surface area contributed by atoms with Crippen LogP contribution in [-0.4, -0.2) is 54.5 Å². The molecule has 1 heterocycles. The summed E-state index contributed by atoms with van der Waals surface area (Å²) in [6.45, 7) is 2.82. The van der Waals surface area contributed by atoms with Gasteiger partial charge >= 0.3 is 6.18 Å². The van der Waals surface area contributed by atoms with Crippen LogP contribution in [0.3, 0.4) is 0 Å². The van der Waals surface area contributed by atoms with Crippen molar-refractivity contribution in [2.24, 2.45) is 16.8 Å². The molecule has 3 N–H and O–H groups in total. The number of nitrogens with two attached hydrogens (primary N) is 1. The quantitative estimate of drug-likeness (QED) is 0.346. The molecule has 0 aliphatic carbocycles. The van der Waals surface area contributed by atoms with Crippen molar-refractivity contribution in [1.82, 2.24) is 4.90 Å². The van der Waals surface area contributed by atoms with Crippen molar-refractivity contribution in [3.8, 4) is 0 Å². The van der Waals surface area contributed by atoms with Gasteiger partial charge < -0.3 is 15.7 Å². The van der Waals surface area contributed by atoms with Gasteiger partial charge in [0, 0.05) is 19.1 Å². The summed E-state index contributed by atoms with van der Waals surface area (Å²) in [4.78, 5) is 1.68. The Morgan fingerprint density at radius 3 is 2.78 bits per heavy atom. The Kier molecular flexibility index (Phi) is 5.21. The fourth-order valence-corrected chi connectivity index (χ4v) is 1.97. The van der Waals surface area contributed by atoms with Gasteiger partial charge in [0.1, 0.15) is 5.92 Å². The monoisotopic (exact) mass is 269 g/mol. The lowest BCUT2D eigenvalue weighted by molar-refractivity contribution is -0.165. The summed E-state index contributed by atoms with van der Waals surface area (Å²) >= 11 is 0. The first-order valence-corrected chi connectivity index (χ1v) is 5.76. The van der Waals surface area contributed by atoms with Crippen LogP contribution in [0.2, 0.25) is 0 Å². The van der Waals surface area contributed by atoms with E-state index in [-0.39, 0.29) is 12.6 Å². The number of rotatable bonds is 4. The van der Waals surface area contributed by atoms with Crippen LogP contribution in [0.4, 0.5) is 13.2 Å². The summed E-state index contributed by atoms with van der Waals surface area (Å²) in [6.07, 6.45) is -3.83. The van der Waals surface area contributed by atoms with Crippen molar-refractivity contribution < 1.29 is 23.1 Å². The van der Waals surface area contributed by atoms with E-state index in [4.69, 9.17) is 15.7 Å². The molecule has 2 unspecified atom stereocenters. The normalized spacial score (nSPS) is 25.1. The highest BCUT2D eigenvalue weighted by Gasteiger charge is 2.44. The maximum atomic E-state index is 12.8. The van der Waals surface area contributed by atoms with Crippen LogP contribution in [0, 0.1) is 5.92 Å². The van der Waals surface area contributed by atoms with Gasteiger partial charge in [-0.1, -0.05) is 12.1 Å². The summed E-state index contributed by atoms with van der Waals surface area (Å²) in [7, 11) is 0. The lowest BCUT2D eigenvalue weighted by Crippen LogP contribution is -2.51. The summed E-state index contributed by atoms with van der Waals surface area (Å²) < 4.78 is 43.7. The first kappa shape index (κ1) is 15.0. The number of oxime groups is 1. The molecule has 1 rings (SSSR count).